The molecule has 138 valence electrons. The Balaban J connectivity index is 1.72. The number of nitrogens with zero attached hydrogens (tertiary/aromatic N) is 4. The van der Waals surface area contributed by atoms with Crippen molar-refractivity contribution >= 4 is 23.2 Å². The third kappa shape index (κ3) is 3.11. The lowest BCUT2D eigenvalue weighted by molar-refractivity contribution is 0.0975. The molecule has 0 fully saturated rings. The zero-order valence-corrected chi connectivity index (χ0v) is 15.8. The van der Waals surface area contributed by atoms with Crippen molar-refractivity contribution in [3.63, 3.8) is 0 Å². The Hall–Kier alpha value is -2.70. The standard InChI is InChI=1S/C20H20ClN5O/c1-13-23-19(24-26(13)18-9-3-2-8-16(18)21)20(27)25-11-5-7-15-14(12-22)6-4-10-17(15)25/h2-4,6,8-10H,5,7,11-12,22H2,1H3. The number of aromatic nitrogens is 3. The minimum absolute atomic E-state index is 0.165. The molecule has 0 bridgehead atoms. The molecule has 0 saturated carbocycles. The molecule has 0 unspecified atom stereocenters. The molecule has 4 rings (SSSR count). The molecule has 1 aliphatic heterocycles. The van der Waals surface area contributed by atoms with Gasteiger partial charge >= 0.3 is 0 Å². The summed E-state index contributed by atoms with van der Waals surface area (Å²) < 4.78 is 1.61. The number of carbonyl (C=O) groups excluding carboxylic acids is 1. The van der Waals surface area contributed by atoms with Crippen LogP contribution in [-0.2, 0) is 13.0 Å². The second-order valence-electron chi connectivity index (χ2n) is 6.53. The number of amides is 1. The van der Waals surface area contributed by atoms with Crippen molar-refractivity contribution in [2.45, 2.75) is 26.3 Å². The van der Waals surface area contributed by atoms with Crippen LogP contribution in [0, 0.1) is 6.92 Å². The number of nitrogens with two attached hydrogens (primary N) is 1. The topological polar surface area (TPSA) is 77.0 Å². The van der Waals surface area contributed by atoms with Crippen molar-refractivity contribution < 1.29 is 4.79 Å². The minimum Gasteiger partial charge on any atom is -0.326 e. The van der Waals surface area contributed by atoms with E-state index in [1.54, 1.807) is 15.6 Å². The van der Waals surface area contributed by atoms with Gasteiger partial charge in [-0.05, 0) is 49.1 Å². The van der Waals surface area contributed by atoms with Crippen LogP contribution >= 0.6 is 11.6 Å². The van der Waals surface area contributed by atoms with E-state index >= 15 is 0 Å². The molecule has 0 atom stereocenters. The van der Waals surface area contributed by atoms with Crippen molar-refractivity contribution in [2.24, 2.45) is 5.73 Å². The van der Waals surface area contributed by atoms with Crippen LogP contribution in [0.15, 0.2) is 42.5 Å². The first-order valence-corrected chi connectivity index (χ1v) is 9.29. The molecule has 1 amide bonds. The highest BCUT2D eigenvalue weighted by molar-refractivity contribution is 6.32. The number of para-hydroxylation sites is 1. The van der Waals surface area contributed by atoms with Crippen LogP contribution in [-0.4, -0.2) is 27.2 Å². The second-order valence-corrected chi connectivity index (χ2v) is 6.93. The Bertz CT molecular complexity index is 1010. The second kappa shape index (κ2) is 7.13. The van der Waals surface area contributed by atoms with Gasteiger partial charge < -0.3 is 10.6 Å². The van der Waals surface area contributed by atoms with E-state index in [4.69, 9.17) is 17.3 Å². The fourth-order valence-corrected chi connectivity index (χ4v) is 3.77. The molecule has 0 radical (unpaired) electrons. The Morgan fingerprint density at radius 1 is 1.19 bits per heavy atom. The first kappa shape index (κ1) is 17.7. The molecule has 2 heterocycles. The van der Waals surface area contributed by atoms with Gasteiger partial charge in [0.25, 0.3) is 5.91 Å². The van der Waals surface area contributed by atoms with Gasteiger partial charge in [-0.1, -0.05) is 35.9 Å². The Morgan fingerprint density at radius 3 is 2.74 bits per heavy atom. The normalized spacial score (nSPS) is 13.5. The van der Waals surface area contributed by atoms with Crippen molar-refractivity contribution in [3.05, 3.63) is 70.3 Å². The van der Waals surface area contributed by atoms with E-state index in [2.05, 4.69) is 10.1 Å². The van der Waals surface area contributed by atoms with E-state index < -0.39 is 0 Å². The lowest BCUT2D eigenvalue weighted by Gasteiger charge is -2.30. The molecular formula is C20H20ClN5O. The Labute approximate surface area is 162 Å². The van der Waals surface area contributed by atoms with Gasteiger partial charge in [0.05, 0.1) is 10.7 Å². The summed E-state index contributed by atoms with van der Waals surface area (Å²) in [6.07, 6.45) is 1.81. The van der Waals surface area contributed by atoms with Crippen molar-refractivity contribution in [1.82, 2.24) is 14.8 Å². The SMILES string of the molecule is Cc1nc(C(=O)N2CCCc3c(CN)cccc32)nn1-c1ccccc1Cl. The number of benzene rings is 2. The number of rotatable bonds is 3. The molecular weight excluding hydrogens is 362 g/mol. The predicted molar refractivity (Wildman–Crippen MR) is 105 cm³/mol. The maximum absolute atomic E-state index is 13.2. The lowest BCUT2D eigenvalue weighted by Crippen LogP contribution is -2.36. The van der Waals surface area contributed by atoms with Crippen LogP contribution in [0.5, 0.6) is 0 Å². The van der Waals surface area contributed by atoms with Crippen LogP contribution < -0.4 is 10.6 Å². The van der Waals surface area contributed by atoms with Gasteiger partial charge in [0.15, 0.2) is 0 Å². The number of anilines is 1. The quantitative estimate of drug-likeness (QED) is 0.755. The van der Waals surface area contributed by atoms with Crippen LogP contribution in [0.3, 0.4) is 0 Å². The van der Waals surface area contributed by atoms with E-state index in [1.807, 2.05) is 43.3 Å². The number of fused-ring (bicyclic) bond motifs is 1. The van der Waals surface area contributed by atoms with Gasteiger partial charge in [-0.3, -0.25) is 4.79 Å². The molecule has 2 aromatic carbocycles. The maximum Gasteiger partial charge on any atom is 0.297 e. The highest BCUT2D eigenvalue weighted by atomic mass is 35.5. The third-order valence-electron chi connectivity index (χ3n) is 4.85. The number of aryl methyl sites for hydroxylation is 1. The van der Waals surface area contributed by atoms with E-state index in [-0.39, 0.29) is 11.7 Å². The predicted octanol–water partition coefficient (Wildman–Crippen LogP) is 3.28. The van der Waals surface area contributed by atoms with E-state index in [0.29, 0.717) is 29.6 Å². The monoisotopic (exact) mass is 381 g/mol. The molecule has 3 aromatic rings. The third-order valence-corrected chi connectivity index (χ3v) is 5.17. The number of hydrogen-bond donors (Lipinski definition) is 1. The van der Waals surface area contributed by atoms with E-state index in [9.17, 15) is 4.79 Å². The molecule has 1 aromatic heterocycles. The fourth-order valence-electron chi connectivity index (χ4n) is 3.55. The lowest BCUT2D eigenvalue weighted by atomic mass is 9.96. The van der Waals surface area contributed by atoms with Crippen LogP contribution in [0.25, 0.3) is 5.69 Å². The van der Waals surface area contributed by atoms with Crippen LogP contribution in [0.1, 0.15) is 34.0 Å². The molecule has 27 heavy (non-hydrogen) atoms. The van der Waals surface area contributed by atoms with Gasteiger partial charge in [-0.25, -0.2) is 9.67 Å². The molecule has 1 aliphatic rings. The van der Waals surface area contributed by atoms with Crippen molar-refractivity contribution in [1.29, 1.82) is 0 Å². The summed E-state index contributed by atoms with van der Waals surface area (Å²) in [5.41, 5.74) is 9.69. The molecule has 0 aliphatic carbocycles. The maximum atomic E-state index is 13.2. The fraction of sp³-hybridized carbons (Fsp3) is 0.250. The summed E-state index contributed by atoms with van der Waals surface area (Å²) in [6, 6.07) is 13.3. The van der Waals surface area contributed by atoms with Crippen molar-refractivity contribution in [2.75, 3.05) is 11.4 Å². The minimum atomic E-state index is -0.209. The molecule has 0 spiro atoms. The smallest absolute Gasteiger partial charge is 0.297 e. The van der Waals surface area contributed by atoms with Gasteiger partial charge in [0, 0.05) is 18.8 Å². The van der Waals surface area contributed by atoms with Gasteiger partial charge in [0.1, 0.15) is 5.82 Å². The first-order valence-electron chi connectivity index (χ1n) is 8.91. The zero-order chi connectivity index (χ0) is 19.0. The summed E-state index contributed by atoms with van der Waals surface area (Å²) in [6.45, 7) is 2.91. The van der Waals surface area contributed by atoms with Gasteiger partial charge in [-0.15, -0.1) is 5.10 Å². The molecule has 7 heteroatoms. The van der Waals surface area contributed by atoms with Crippen LogP contribution in [0.4, 0.5) is 5.69 Å². The summed E-state index contributed by atoms with van der Waals surface area (Å²) in [5.74, 6) is 0.567. The van der Waals surface area contributed by atoms with Gasteiger partial charge in [-0.2, -0.15) is 0 Å². The van der Waals surface area contributed by atoms with Crippen molar-refractivity contribution in [3.8, 4) is 5.69 Å². The highest BCUT2D eigenvalue weighted by Crippen LogP contribution is 2.31. The van der Waals surface area contributed by atoms with Gasteiger partial charge in [0.2, 0.25) is 5.82 Å². The summed E-state index contributed by atoms with van der Waals surface area (Å²) in [7, 11) is 0. The Kier molecular flexibility index (Phi) is 4.68. The molecule has 6 nitrogen and oxygen atoms in total. The zero-order valence-electron chi connectivity index (χ0n) is 15.0. The summed E-state index contributed by atoms with van der Waals surface area (Å²) in [5, 5.41) is 4.99. The van der Waals surface area contributed by atoms with E-state index in [1.165, 1.54) is 0 Å². The number of carbonyl (C=O) groups is 1. The largest absolute Gasteiger partial charge is 0.326 e. The van der Waals surface area contributed by atoms with E-state index in [0.717, 1.165) is 29.7 Å². The highest BCUT2D eigenvalue weighted by Gasteiger charge is 2.28. The van der Waals surface area contributed by atoms with Crippen LogP contribution in [0.2, 0.25) is 5.02 Å². The average molecular weight is 382 g/mol. The summed E-state index contributed by atoms with van der Waals surface area (Å²) in [4.78, 5) is 19.3. The number of halogens is 1. The molecule has 2 N–H and O–H groups in total. The summed E-state index contributed by atoms with van der Waals surface area (Å²) >= 11 is 6.27. The number of hydrogen-bond acceptors (Lipinski definition) is 4. The first-order chi connectivity index (χ1) is 13.1. The average Bonchev–Trinajstić information content (AvgIpc) is 3.08. The molecule has 0 saturated heterocycles. The Morgan fingerprint density at radius 2 is 1.96 bits per heavy atom.